The summed E-state index contributed by atoms with van der Waals surface area (Å²) in [5.74, 6) is -1.13. The molecule has 4 aromatic carbocycles. The number of amides is 1. The molecule has 0 aliphatic heterocycles. The lowest BCUT2D eigenvalue weighted by Crippen LogP contribution is -2.19. The number of halogens is 4. The number of aromatic amines is 1. The quantitative estimate of drug-likeness (QED) is 0.0563. The molecule has 0 aliphatic carbocycles. The van der Waals surface area contributed by atoms with Gasteiger partial charge in [-0.3, -0.25) is 14.9 Å². The second-order valence-electron chi connectivity index (χ2n) is 8.72. The Labute approximate surface area is 268 Å². The van der Waals surface area contributed by atoms with E-state index < -0.39 is 16.8 Å². The van der Waals surface area contributed by atoms with E-state index in [0.29, 0.717) is 30.7 Å². The van der Waals surface area contributed by atoms with E-state index >= 15 is 0 Å². The number of aromatic nitrogens is 1. The van der Waals surface area contributed by atoms with Crippen LogP contribution in [-0.4, -0.2) is 28.0 Å². The molecule has 42 heavy (non-hydrogen) atoms. The number of nitrogens with one attached hydrogen (secondary N) is 2. The van der Waals surface area contributed by atoms with Gasteiger partial charge in [0.05, 0.1) is 26.7 Å². The lowest BCUT2D eigenvalue weighted by molar-refractivity contribution is -0.384. The van der Waals surface area contributed by atoms with Crippen molar-refractivity contribution in [2.45, 2.75) is 0 Å². The lowest BCUT2D eigenvalue weighted by atomic mass is 10.0. The minimum absolute atomic E-state index is 0.115. The van der Waals surface area contributed by atoms with Crippen LogP contribution in [0.3, 0.4) is 0 Å². The number of nitrogens with zero attached hydrogens (tertiary/aromatic N) is 2. The molecule has 0 aliphatic rings. The molecule has 0 atom stereocenters. The highest BCUT2D eigenvalue weighted by molar-refractivity contribution is 9.11. The summed E-state index contributed by atoms with van der Waals surface area (Å²) < 4.78 is 7.45. The molecular weight excluding hydrogens is 760 g/mol. The van der Waals surface area contributed by atoms with Gasteiger partial charge >= 0.3 is 5.97 Å². The van der Waals surface area contributed by atoms with Gasteiger partial charge in [0.15, 0.2) is 5.75 Å². The molecule has 210 valence electrons. The van der Waals surface area contributed by atoms with Crippen LogP contribution in [0.5, 0.6) is 5.75 Å². The number of carbonyl (C=O) groups is 2. The third kappa shape index (κ3) is 6.16. The largest absolute Gasteiger partial charge is 0.421 e. The Hall–Kier alpha value is -3.84. The number of rotatable bonds is 7. The molecule has 0 spiro atoms. The van der Waals surface area contributed by atoms with Crippen LogP contribution in [0.1, 0.15) is 26.4 Å². The maximum Gasteiger partial charge on any atom is 0.343 e. The molecule has 5 aromatic rings. The van der Waals surface area contributed by atoms with Crippen molar-refractivity contribution in [1.82, 2.24) is 10.4 Å². The Balaban J connectivity index is 1.44. The number of hydrogen-bond acceptors (Lipinski definition) is 6. The zero-order valence-corrected chi connectivity index (χ0v) is 26.5. The number of ether oxygens (including phenoxy) is 1. The number of nitro benzene ring substituents is 1. The average Bonchev–Trinajstić information content (AvgIpc) is 3.36. The Bertz CT molecular complexity index is 1910. The Morgan fingerprint density at radius 2 is 1.71 bits per heavy atom. The third-order valence-electron chi connectivity index (χ3n) is 6.07. The fourth-order valence-corrected chi connectivity index (χ4v) is 6.20. The molecule has 1 aromatic heterocycles. The molecule has 9 nitrogen and oxygen atoms in total. The normalized spacial score (nSPS) is 11.1. The molecule has 0 saturated heterocycles. The van der Waals surface area contributed by atoms with E-state index in [4.69, 9.17) is 16.3 Å². The standard InChI is InChI=1S/C29H16Br3ClN4O5/c30-17-12-16(27(22(32)13-17)42-29(39)15-8-10-18(11-9-15)37(40)41)14-34-36-28(38)26-24(19-4-1-2-7-23(19)33)20-5-3-6-21(31)25(20)35-26/h1-14,35H,(H,36,38). The van der Waals surface area contributed by atoms with Gasteiger partial charge < -0.3 is 9.72 Å². The van der Waals surface area contributed by atoms with Gasteiger partial charge in [-0.05, 0) is 68.3 Å². The number of para-hydroxylation sites is 1. The molecule has 0 bridgehead atoms. The highest BCUT2D eigenvalue weighted by Gasteiger charge is 2.22. The molecule has 0 fully saturated rings. The summed E-state index contributed by atoms with van der Waals surface area (Å²) in [6.07, 6.45) is 1.33. The lowest BCUT2D eigenvalue weighted by Gasteiger charge is -2.11. The van der Waals surface area contributed by atoms with Crippen LogP contribution in [0.4, 0.5) is 5.69 Å². The van der Waals surface area contributed by atoms with Gasteiger partial charge in [0.2, 0.25) is 0 Å². The number of H-pyrrole nitrogens is 1. The number of non-ortho nitro benzene ring substituents is 1. The van der Waals surface area contributed by atoms with E-state index in [0.717, 1.165) is 15.4 Å². The highest BCUT2D eigenvalue weighted by atomic mass is 79.9. The topological polar surface area (TPSA) is 127 Å². The molecule has 2 N–H and O–H groups in total. The number of benzene rings is 4. The van der Waals surface area contributed by atoms with Crippen molar-refractivity contribution in [3.05, 3.63) is 124 Å². The van der Waals surface area contributed by atoms with Crippen LogP contribution < -0.4 is 10.2 Å². The van der Waals surface area contributed by atoms with Gasteiger partial charge in [0.1, 0.15) is 5.69 Å². The second kappa shape index (κ2) is 12.6. The van der Waals surface area contributed by atoms with E-state index in [1.807, 2.05) is 36.4 Å². The minimum Gasteiger partial charge on any atom is -0.421 e. The Morgan fingerprint density at radius 1 is 0.976 bits per heavy atom. The zero-order chi connectivity index (χ0) is 30.0. The van der Waals surface area contributed by atoms with Crippen LogP contribution in [0.15, 0.2) is 97.4 Å². The van der Waals surface area contributed by atoms with Gasteiger partial charge in [-0.25, -0.2) is 10.2 Å². The van der Waals surface area contributed by atoms with Gasteiger partial charge in [0.25, 0.3) is 11.6 Å². The summed E-state index contributed by atoms with van der Waals surface area (Å²) in [5.41, 5.74) is 5.12. The third-order valence-corrected chi connectivity index (χ3v) is 8.11. The average molecular weight is 776 g/mol. The van der Waals surface area contributed by atoms with Gasteiger partial charge in [-0.1, -0.05) is 57.9 Å². The maximum atomic E-state index is 13.4. The van der Waals surface area contributed by atoms with Crippen molar-refractivity contribution in [3.63, 3.8) is 0 Å². The maximum absolute atomic E-state index is 13.4. The Morgan fingerprint density at radius 3 is 2.43 bits per heavy atom. The van der Waals surface area contributed by atoms with Gasteiger partial charge in [0, 0.05) is 48.2 Å². The first-order valence-corrected chi connectivity index (χ1v) is 14.7. The number of fused-ring (bicyclic) bond motifs is 1. The van der Waals surface area contributed by atoms with Gasteiger partial charge in [-0.2, -0.15) is 5.10 Å². The van der Waals surface area contributed by atoms with Crippen molar-refractivity contribution >= 4 is 94.1 Å². The molecule has 1 amide bonds. The smallest absolute Gasteiger partial charge is 0.343 e. The monoisotopic (exact) mass is 772 g/mol. The zero-order valence-electron chi connectivity index (χ0n) is 21.0. The summed E-state index contributed by atoms with van der Waals surface area (Å²) in [5, 5.41) is 16.3. The minimum atomic E-state index is -0.736. The second-order valence-corrected chi connectivity index (χ2v) is 11.7. The van der Waals surface area contributed by atoms with Crippen LogP contribution in [0.25, 0.3) is 22.0 Å². The van der Waals surface area contributed by atoms with Crippen molar-refractivity contribution in [3.8, 4) is 16.9 Å². The highest BCUT2D eigenvalue weighted by Crippen LogP contribution is 2.39. The summed E-state index contributed by atoms with van der Waals surface area (Å²) in [4.78, 5) is 39.8. The van der Waals surface area contributed by atoms with E-state index in [1.54, 1.807) is 18.2 Å². The summed E-state index contributed by atoms with van der Waals surface area (Å²) in [7, 11) is 0. The van der Waals surface area contributed by atoms with Crippen molar-refractivity contribution in [2.24, 2.45) is 5.10 Å². The predicted octanol–water partition coefficient (Wildman–Crippen LogP) is 8.67. The SMILES string of the molecule is O=C(Oc1c(Br)cc(Br)cc1C=NNC(=O)c1[nH]c2c(Br)cccc2c1-c1ccccc1Cl)c1ccc([N+](=O)[O-])cc1. The predicted molar refractivity (Wildman–Crippen MR) is 171 cm³/mol. The van der Waals surface area contributed by atoms with Crippen molar-refractivity contribution < 1.29 is 19.2 Å². The van der Waals surface area contributed by atoms with Crippen molar-refractivity contribution in [1.29, 1.82) is 0 Å². The number of carbonyl (C=O) groups excluding carboxylic acids is 2. The number of hydrogen-bond donors (Lipinski definition) is 2. The first kappa shape index (κ1) is 29.6. The summed E-state index contributed by atoms with van der Waals surface area (Å²) >= 11 is 16.8. The van der Waals surface area contributed by atoms with Crippen LogP contribution in [0.2, 0.25) is 5.02 Å². The van der Waals surface area contributed by atoms with Crippen LogP contribution in [0, 0.1) is 10.1 Å². The molecular formula is C29H16Br3ClN4O5. The van der Waals surface area contributed by atoms with E-state index in [-0.39, 0.29) is 22.7 Å². The number of hydrazone groups is 1. The Kier molecular flexibility index (Phi) is 8.88. The molecule has 1 heterocycles. The van der Waals surface area contributed by atoms with Crippen molar-refractivity contribution in [2.75, 3.05) is 0 Å². The van der Waals surface area contributed by atoms with Crippen LogP contribution >= 0.6 is 59.4 Å². The molecule has 0 saturated carbocycles. The molecule has 0 radical (unpaired) electrons. The fourth-order valence-electron chi connectivity index (χ4n) is 4.17. The first-order chi connectivity index (χ1) is 20.1. The number of nitro groups is 1. The van der Waals surface area contributed by atoms with E-state index in [1.165, 1.54) is 30.5 Å². The van der Waals surface area contributed by atoms with Gasteiger partial charge in [-0.15, -0.1) is 0 Å². The molecule has 0 unspecified atom stereocenters. The summed E-state index contributed by atoms with van der Waals surface area (Å²) in [6.45, 7) is 0. The first-order valence-electron chi connectivity index (χ1n) is 12.0. The summed E-state index contributed by atoms with van der Waals surface area (Å²) in [6, 6.07) is 21.2. The van der Waals surface area contributed by atoms with E-state index in [9.17, 15) is 19.7 Å². The van der Waals surface area contributed by atoms with Crippen LogP contribution in [-0.2, 0) is 0 Å². The number of esters is 1. The molecule has 13 heteroatoms. The fraction of sp³-hybridized carbons (Fsp3) is 0. The van der Waals surface area contributed by atoms with E-state index in [2.05, 4.69) is 63.3 Å². The molecule has 5 rings (SSSR count).